The molecule has 0 atom stereocenters. The van der Waals surface area contributed by atoms with Crippen molar-refractivity contribution in [1.29, 1.82) is 0 Å². The minimum Gasteiger partial charge on any atom is -0.350 e. The van der Waals surface area contributed by atoms with Crippen molar-refractivity contribution in [2.45, 2.75) is 20.8 Å². The highest BCUT2D eigenvalue weighted by atomic mass is 19.1. The summed E-state index contributed by atoms with van der Waals surface area (Å²) in [5.41, 5.74) is 1.92. The van der Waals surface area contributed by atoms with E-state index in [2.05, 4.69) is 10.4 Å². The zero-order valence-corrected chi connectivity index (χ0v) is 11.9. The summed E-state index contributed by atoms with van der Waals surface area (Å²) in [6, 6.07) is 7.72. The maximum Gasteiger partial charge on any atom is 0.271 e. The van der Waals surface area contributed by atoms with Gasteiger partial charge in [-0.25, -0.2) is 9.07 Å². The Kier molecular flexibility index (Phi) is 4.17. The molecule has 20 heavy (non-hydrogen) atoms. The third-order valence-electron chi connectivity index (χ3n) is 2.86. The SMILES string of the molecule is Cc1cc(C(=O)NCC(C)C)nn1-c1ccc(F)cc1. The van der Waals surface area contributed by atoms with Crippen LogP contribution < -0.4 is 5.32 Å². The molecule has 0 bridgehead atoms. The molecule has 0 fully saturated rings. The molecule has 0 radical (unpaired) electrons. The summed E-state index contributed by atoms with van der Waals surface area (Å²) in [7, 11) is 0. The van der Waals surface area contributed by atoms with E-state index >= 15 is 0 Å². The van der Waals surface area contributed by atoms with E-state index in [-0.39, 0.29) is 11.7 Å². The fraction of sp³-hybridized carbons (Fsp3) is 0.333. The van der Waals surface area contributed by atoms with Gasteiger partial charge in [-0.2, -0.15) is 5.10 Å². The fourth-order valence-electron chi connectivity index (χ4n) is 1.82. The van der Waals surface area contributed by atoms with Crippen LogP contribution in [0.2, 0.25) is 0 Å². The molecule has 2 aromatic rings. The largest absolute Gasteiger partial charge is 0.350 e. The molecule has 0 saturated heterocycles. The molecule has 0 aliphatic rings. The van der Waals surface area contributed by atoms with Crippen LogP contribution in [0.3, 0.4) is 0 Å². The van der Waals surface area contributed by atoms with Gasteiger partial charge < -0.3 is 5.32 Å². The Balaban J connectivity index is 2.21. The van der Waals surface area contributed by atoms with Crippen molar-refractivity contribution in [3.8, 4) is 5.69 Å². The van der Waals surface area contributed by atoms with Crippen LogP contribution in [0.1, 0.15) is 30.0 Å². The van der Waals surface area contributed by atoms with Crippen molar-refractivity contribution in [1.82, 2.24) is 15.1 Å². The van der Waals surface area contributed by atoms with Gasteiger partial charge in [0.2, 0.25) is 0 Å². The van der Waals surface area contributed by atoms with Crippen LogP contribution >= 0.6 is 0 Å². The van der Waals surface area contributed by atoms with Gasteiger partial charge in [-0.05, 0) is 43.2 Å². The molecule has 0 spiro atoms. The van der Waals surface area contributed by atoms with Crippen LogP contribution in [0.15, 0.2) is 30.3 Å². The Morgan fingerprint density at radius 2 is 2.00 bits per heavy atom. The van der Waals surface area contributed by atoms with E-state index in [4.69, 9.17) is 0 Å². The number of nitrogens with one attached hydrogen (secondary N) is 1. The van der Waals surface area contributed by atoms with Gasteiger partial charge in [-0.3, -0.25) is 4.79 Å². The quantitative estimate of drug-likeness (QED) is 0.932. The van der Waals surface area contributed by atoms with Crippen molar-refractivity contribution in [3.63, 3.8) is 0 Å². The van der Waals surface area contributed by atoms with Crippen LogP contribution in [-0.2, 0) is 0 Å². The number of carbonyl (C=O) groups is 1. The molecule has 1 aromatic carbocycles. The summed E-state index contributed by atoms with van der Waals surface area (Å²) in [6.45, 7) is 6.53. The number of rotatable bonds is 4. The maximum atomic E-state index is 12.9. The Hall–Kier alpha value is -2.17. The average Bonchev–Trinajstić information content (AvgIpc) is 2.79. The zero-order valence-electron chi connectivity index (χ0n) is 11.9. The second-order valence-corrected chi connectivity index (χ2v) is 5.16. The molecular weight excluding hydrogens is 257 g/mol. The number of hydrogen-bond donors (Lipinski definition) is 1. The minimum absolute atomic E-state index is 0.192. The Bertz CT molecular complexity index is 602. The highest BCUT2D eigenvalue weighted by Gasteiger charge is 2.13. The lowest BCUT2D eigenvalue weighted by Gasteiger charge is -2.05. The summed E-state index contributed by atoms with van der Waals surface area (Å²) in [5, 5.41) is 7.09. The number of hydrogen-bond acceptors (Lipinski definition) is 2. The molecule has 5 heteroatoms. The van der Waals surface area contributed by atoms with Gasteiger partial charge in [0.1, 0.15) is 5.82 Å². The molecule has 1 N–H and O–H groups in total. The van der Waals surface area contributed by atoms with Gasteiger partial charge in [0.15, 0.2) is 5.69 Å². The fourth-order valence-corrected chi connectivity index (χ4v) is 1.82. The van der Waals surface area contributed by atoms with Gasteiger partial charge in [-0.15, -0.1) is 0 Å². The van der Waals surface area contributed by atoms with Crippen LogP contribution in [-0.4, -0.2) is 22.2 Å². The lowest BCUT2D eigenvalue weighted by Crippen LogP contribution is -2.27. The third-order valence-corrected chi connectivity index (χ3v) is 2.86. The highest BCUT2D eigenvalue weighted by Crippen LogP contribution is 2.13. The summed E-state index contributed by atoms with van der Waals surface area (Å²) >= 11 is 0. The number of carbonyl (C=O) groups excluding carboxylic acids is 1. The number of aromatic nitrogens is 2. The minimum atomic E-state index is -0.298. The third kappa shape index (κ3) is 3.23. The Morgan fingerprint density at radius 1 is 1.35 bits per heavy atom. The standard InChI is InChI=1S/C15H18FN3O/c1-10(2)9-17-15(20)14-8-11(3)19(18-14)13-6-4-12(16)5-7-13/h4-8,10H,9H2,1-3H3,(H,17,20). The molecular formula is C15H18FN3O. The van der Waals surface area contributed by atoms with E-state index in [1.807, 2.05) is 20.8 Å². The van der Waals surface area contributed by atoms with Gasteiger partial charge >= 0.3 is 0 Å². The maximum absolute atomic E-state index is 12.9. The Labute approximate surface area is 117 Å². The smallest absolute Gasteiger partial charge is 0.271 e. The van der Waals surface area contributed by atoms with Crippen molar-refractivity contribution in [3.05, 3.63) is 47.5 Å². The average molecular weight is 275 g/mol. The molecule has 4 nitrogen and oxygen atoms in total. The van der Waals surface area contributed by atoms with E-state index in [9.17, 15) is 9.18 Å². The number of nitrogens with zero attached hydrogens (tertiary/aromatic N) is 2. The normalized spacial score (nSPS) is 10.8. The van der Waals surface area contributed by atoms with E-state index in [1.54, 1.807) is 22.9 Å². The zero-order chi connectivity index (χ0) is 14.7. The van der Waals surface area contributed by atoms with E-state index < -0.39 is 0 Å². The monoisotopic (exact) mass is 275 g/mol. The molecule has 0 aliphatic heterocycles. The lowest BCUT2D eigenvalue weighted by atomic mass is 10.2. The highest BCUT2D eigenvalue weighted by molar-refractivity contribution is 5.92. The van der Waals surface area contributed by atoms with Crippen molar-refractivity contribution in [2.75, 3.05) is 6.54 Å². The van der Waals surface area contributed by atoms with Crippen LogP contribution in [0.25, 0.3) is 5.69 Å². The van der Waals surface area contributed by atoms with Gasteiger partial charge in [0.05, 0.1) is 5.69 Å². The summed E-state index contributed by atoms with van der Waals surface area (Å²) in [6.07, 6.45) is 0. The number of aryl methyl sites for hydroxylation is 1. The molecule has 1 amide bonds. The molecule has 106 valence electrons. The predicted molar refractivity (Wildman–Crippen MR) is 75.4 cm³/mol. The number of amides is 1. The topological polar surface area (TPSA) is 46.9 Å². The first-order chi connectivity index (χ1) is 9.47. The van der Waals surface area contributed by atoms with Gasteiger partial charge in [0, 0.05) is 12.2 Å². The van der Waals surface area contributed by atoms with Crippen LogP contribution in [0.5, 0.6) is 0 Å². The molecule has 0 unspecified atom stereocenters. The van der Waals surface area contributed by atoms with E-state index in [0.717, 1.165) is 11.4 Å². The van der Waals surface area contributed by atoms with Crippen LogP contribution in [0, 0.1) is 18.7 Å². The Morgan fingerprint density at radius 3 is 2.60 bits per heavy atom. The molecule has 1 heterocycles. The van der Waals surface area contributed by atoms with E-state index in [0.29, 0.717) is 18.2 Å². The van der Waals surface area contributed by atoms with Gasteiger partial charge in [0.25, 0.3) is 5.91 Å². The lowest BCUT2D eigenvalue weighted by molar-refractivity contribution is 0.0943. The molecule has 2 rings (SSSR count). The predicted octanol–water partition coefficient (Wildman–Crippen LogP) is 2.71. The van der Waals surface area contributed by atoms with Crippen molar-refractivity contribution in [2.24, 2.45) is 5.92 Å². The molecule has 0 saturated carbocycles. The van der Waals surface area contributed by atoms with Crippen molar-refractivity contribution >= 4 is 5.91 Å². The van der Waals surface area contributed by atoms with Crippen molar-refractivity contribution < 1.29 is 9.18 Å². The van der Waals surface area contributed by atoms with E-state index in [1.165, 1.54) is 12.1 Å². The first-order valence-electron chi connectivity index (χ1n) is 6.58. The summed E-state index contributed by atoms with van der Waals surface area (Å²) in [5.74, 6) is -0.102. The first-order valence-corrected chi connectivity index (χ1v) is 6.58. The summed E-state index contributed by atoms with van der Waals surface area (Å²) in [4.78, 5) is 12.0. The number of halogens is 1. The molecule has 0 aliphatic carbocycles. The first kappa shape index (κ1) is 14.2. The molecule has 1 aromatic heterocycles. The second-order valence-electron chi connectivity index (χ2n) is 5.16. The van der Waals surface area contributed by atoms with Crippen LogP contribution in [0.4, 0.5) is 4.39 Å². The number of benzene rings is 1. The van der Waals surface area contributed by atoms with Gasteiger partial charge in [-0.1, -0.05) is 13.8 Å². The summed E-state index contributed by atoms with van der Waals surface area (Å²) < 4.78 is 14.5. The second kappa shape index (κ2) is 5.86.